The Kier molecular flexibility index (Phi) is 5.63. The first-order chi connectivity index (χ1) is 16.5. The molecule has 0 unspecified atom stereocenters. The second kappa shape index (κ2) is 8.76. The number of nitrogens with zero attached hydrogens (tertiary/aromatic N) is 2. The highest BCUT2D eigenvalue weighted by atomic mass is 16.3. The molecular formula is C27H25N3O4. The van der Waals surface area contributed by atoms with Gasteiger partial charge in [0.2, 0.25) is 5.91 Å². The molecule has 0 radical (unpaired) electrons. The van der Waals surface area contributed by atoms with E-state index in [1.165, 1.54) is 0 Å². The summed E-state index contributed by atoms with van der Waals surface area (Å²) in [6.45, 7) is 4.50. The Morgan fingerprint density at radius 2 is 1.44 bits per heavy atom. The summed E-state index contributed by atoms with van der Waals surface area (Å²) >= 11 is 0. The Bertz CT molecular complexity index is 1290. The maximum atomic E-state index is 13.2. The highest BCUT2D eigenvalue weighted by Gasteiger charge is 2.33. The average molecular weight is 456 g/mol. The van der Waals surface area contributed by atoms with Crippen LogP contribution in [0, 0.1) is 0 Å². The zero-order valence-corrected chi connectivity index (χ0v) is 18.8. The number of carbonyl (C=O) groups is 3. The number of hydrogen-bond acceptors (Lipinski definition) is 6. The van der Waals surface area contributed by atoms with E-state index >= 15 is 0 Å². The van der Waals surface area contributed by atoms with E-state index < -0.39 is 6.04 Å². The number of rotatable bonds is 4. The quantitative estimate of drug-likeness (QED) is 0.491. The van der Waals surface area contributed by atoms with Gasteiger partial charge in [-0.25, -0.2) is 0 Å². The number of aromatic hydroxyl groups is 1. The van der Waals surface area contributed by atoms with Crippen LogP contribution in [-0.2, 0) is 4.79 Å². The molecule has 7 heteroatoms. The smallest absolute Gasteiger partial charge is 0.241 e. The van der Waals surface area contributed by atoms with E-state index in [0.29, 0.717) is 48.6 Å². The van der Waals surface area contributed by atoms with Crippen molar-refractivity contribution < 1.29 is 19.5 Å². The van der Waals surface area contributed by atoms with Gasteiger partial charge >= 0.3 is 0 Å². The molecule has 7 nitrogen and oxygen atoms in total. The minimum Gasteiger partial charge on any atom is -0.506 e. The molecule has 1 aliphatic carbocycles. The van der Waals surface area contributed by atoms with Crippen LogP contribution in [0.2, 0.25) is 0 Å². The van der Waals surface area contributed by atoms with Gasteiger partial charge in [0.25, 0.3) is 0 Å². The molecule has 0 spiro atoms. The number of piperazine rings is 1. The second-order valence-corrected chi connectivity index (χ2v) is 8.61. The monoisotopic (exact) mass is 455 g/mol. The molecule has 1 saturated heterocycles. The third-order valence-electron chi connectivity index (χ3n) is 6.67. The van der Waals surface area contributed by atoms with E-state index in [9.17, 15) is 19.5 Å². The van der Waals surface area contributed by atoms with Crippen molar-refractivity contribution in [1.82, 2.24) is 4.90 Å². The van der Waals surface area contributed by atoms with Crippen LogP contribution in [0.15, 0.2) is 66.7 Å². The van der Waals surface area contributed by atoms with Crippen molar-refractivity contribution in [2.45, 2.75) is 13.0 Å². The van der Waals surface area contributed by atoms with Crippen molar-refractivity contribution in [3.8, 4) is 5.75 Å². The fourth-order valence-electron chi connectivity index (χ4n) is 4.73. The first-order valence-electron chi connectivity index (χ1n) is 11.3. The number of hydrogen-bond donors (Lipinski definition) is 2. The Labute approximate surface area is 197 Å². The summed E-state index contributed by atoms with van der Waals surface area (Å²) in [6, 6.07) is 18.6. The molecule has 0 bridgehead atoms. The maximum absolute atomic E-state index is 13.2. The normalized spacial score (nSPS) is 16.6. The summed E-state index contributed by atoms with van der Waals surface area (Å²) in [6.07, 6.45) is 0. The van der Waals surface area contributed by atoms with E-state index in [4.69, 9.17) is 0 Å². The lowest BCUT2D eigenvalue weighted by Gasteiger charge is -2.38. The first kappa shape index (κ1) is 21.9. The molecule has 0 aromatic heterocycles. The zero-order chi connectivity index (χ0) is 23.8. The van der Waals surface area contributed by atoms with E-state index in [0.717, 1.165) is 5.69 Å². The summed E-state index contributed by atoms with van der Waals surface area (Å²) in [5.41, 5.74) is 2.45. The van der Waals surface area contributed by atoms with Gasteiger partial charge < -0.3 is 15.3 Å². The third kappa shape index (κ3) is 3.74. The number of fused-ring (bicyclic) bond motifs is 2. The number of para-hydroxylation sites is 2. The molecule has 1 fully saturated rings. The summed E-state index contributed by atoms with van der Waals surface area (Å²) in [4.78, 5) is 43.4. The van der Waals surface area contributed by atoms with Crippen molar-refractivity contribution in [3.05, 3.63) is 89.0 Å². The van der Waals surface area contributed by atoms with E-state index in [1.807, 2.05) is 19.1 Å². The number of nitrogens with one attached hydrogen (secondary N) is 1. The van der Waals surface area contributed by atoms with Gasteiger partial charge in [-0.15, -0.1) is 0 Å². The molecule has 172 valence electrons. The number of benzene rings is 3. The third-order valence-corrected chi connectivity index (χ3v) is 6.67. The molecule has 3 aromatic carbocycles. The Balaban J connectivity index is 1.31. The van der Waals surface area contributed by atoms with Gasteiger partial charge in [0, 0.05) is 42.9 Å². The fraction of sp³-hybridized carbons (Fsp3) is 0.222. The second-order valence-electron chi connectivity index (χ2n) is 8.61. The van der Waals surface area contributed by atoms with Crippen LogP contribution < -0.4 is 10.2 Å². The van der Waals surface area contributed by atoms with E-state index in [2.05, 4.69) is 15.1 Å². The van der Waals surface area contributed by atoms with Crippen LogP contribution in [-0.4, -0.2) is 59.7 Å². The van der Waals surface area contributed by atoms with Crippen molar-refractivity contribution in [3.63, 3.8) is 0 Å². The molecule has 1 amide bonds. The number of phenols is 1. The average Bonchev–Trinajstić information content (AvgIpc) is 2.87. The largest absolute Gasteiger partial charge is 0.506 e. The highest BCUT2D eigenvalue weighted by molar-refractivity contribution is 6.30. The number of amides is 1. The lowest BCUT2D eigenvalue weighted by atomic mass is 9.83. The summed E-state index contributed by atoms with van der Waals surface area (Å²) in [7, 11) is 0. The van der Waals surface area contributed by atoms with E-state index in [-0.39, 0.29) is 28.8 Å². The summed E-state index contributed by atoms with van der Waals surface area (Å²) in [5.74, 6) is -0.459. The maximum Gasteiger partial charge on any atom is 0.241 e. The molecule has 1 atom stereocenters. The molecule has 5 rings (SSSR count). The van der Waals surface area contributed by atoms with Crippen LogP contribution in [0.3, 0.4) is 0 Å². The standard InChI is InChI=1S/C27H25N3O4/c1-17(29-13-15-30(16-14-29)22-11-4-5-12-23(22)31)27(34)28-21-10-6-9-20-24(21)26(33)19-8-3-2-7-18(19)25(20)32/h2-12,17,31H,13-16H2,1H3,(H,28,34)/t17-/m1/s1. The SMILES string of the molecule is C[C@H](C(=O)Nc1cccc2c1C(=O)c1ccccc1C2=O)N1CCN(c2ccccc2O)CC1. The van der Waals surface area contributed by atoms with Gasteiger partial charge in [0.1, 0.15) is 5.75 Å². The molecular weight excluding hydrogens is 430 g/mol. The first-order valence-corrected chi connectivity index (χ1v) is 11.3. The van der Waals surface area contributed by atoms with Crippen molar-refractivity contribution >= 4 is 28.8 Å². The van der Waals surface area contributed by atoms with Crippen LogP contribution >= 0.6 is 0 Å². The zero-order valence-electron chi connectivity index (χ0n) is 18.8. The summed E-state index contributed by atoms with van der Waals surface area (Å²) in [5, 5.41) is 13.0. The summed E-state index contributed by atoms with van der Waals surface area (Å²) < 4.78 is 0. The molecule has 3 aromatic rings. The van der Waals surface area contributed by atoms with Gasteiger partial charge in [0.05, 0.1) is 23.0 Å². The van der Waals surface area contributed by atoms with Crippen molar-refractivity contribution in [2.75, 3.05) is 36.4 Å². The Morgan fingerprint density at radius 1 is 0.824 bits per heavy atom. The molecule has 1 heterocycles. The molecule has 2 aliphatic rings. The van der Waals surface area contributed by atoms with Crippen LogP contribution in [0.4, 0.5) is 11.4 Å². The number of carbonyl (C=O) groups excluding carboxylic acids is 3. The highest BCUT2D eigenvalue weighted by Crippen LogP contribution is 2.32. The fourth-order valence-corrected chi connectivity index (χ4v) is 4.73. The predicted molar refractivity (Wildman–Crippen MR) is 130 cm³/mol. The lowest BCUT2D eigenvalue weighted by molar-refractivity contribution is -0.120. The Morgan fingerprint density at radius 3 is 2.15 bits per heavy atom. The van der Waals surface area contributed by atoms with Gasteiger partial charge in [0.15, 0.2) is 11.6 Å². The Hall–Kier alpha value is -3.97. The topological polar surface area (TPSA) is 90.0 Å². The minimum absolute atomic E-state index is 0.213. The van der Waals surface area contributed by atoms with Crippen molar-refractivity contribution in [2.24, 2.45) is 0 Å². The lowest BCUT2D eigenvalue weighted by Crippen LogP contribution is -2.53. The van der Waals surface area contributed by atoms with Crippen LogP contribution in [0.1, 0.15) is 38.8 Å². The van der Waals surface area contributed by atoms with Crippen molar-refractivity contribution in [1.29, 1.82) is 0 Å². The molecule has 0 saturated carbocycles. The minimum atomic E-state index is -0.427. The molecule has 1 aliphatic heterocycles. The van der Waals surface area contributed by atoms with Crippen LogP contribution in [0.25, 0.3) is 0 Å². The van der Waals surface area contributed by atoms with Gasteiger partial charge in [-0.05, 0) is 25.1 Å². The predicted octanol–water partition coefficient (Wildman–Crippen LogP) is 3.32. The van der Waals surface area contributed by atoms with Gasteiger partial charge in [-0.1, -0.05) is 48.5 Å². The van der Waals surface area contributed by atoms with Gasteiger partial charge in [-0.3, -0.25) is 19.3 Å². The van der Waals surface area contributed by atoms with E-state index in [1.54, 1.807) is 54.6 Å². The number of anilines is 2. The number of phenolic OH excluding ortho intramolecular Hbond substituents is 1. The van der Waals surface area contributed by atoms with Gasteiger partial charge in [-0.2, -0.15) is 0 Å². The van der Waals surface area contributed by atoms with Crippen LogP contribution in [0.5, 0.6) is 5.75 Å². The molecule has 34 heavy (non-hydrogen) atoms. The number of ketones is 2. The molecule has 2 N–H and O–H groups in total.